The summed E-state index contributed by atoms with van der Waals surface area (Å²) >= 11 is 0. The van der Waals surface area contributed by atoms with Gasteiger partial charge in [-0.05, 0) is 24.3 Å². The van der Waals surface area contributed by atoms with E-state index in [4.69, 9.17) is 18.9 Å². The Morgan fingerprint density at radius 3 is 2.32 bits per heavy atom. The molecule has 1 amide bonds. The van der Waals surface area contributed by atoms with Crippen molar-refractivity contribution >= 4 is 17.7 Å². The molecule has 0 saturated heterocycles. The zero-order chi connectivity index (χ0) is 17.7. The number of hydrogen-bond donors (Lipinski definition) is 0. The maximum absolute atomic E-state index is 12.5. The van der Waals surface area contributed by atoms with Crippen molar-refractivity contribution in [2.75, 3.05) is 28.4 Å². The van der Waals surface area contributed by atoms with E-state index in [2.05, 4.69) is 0 Å². The van der Waals surface area contributed by atoms with Gasteiger partial charge in [0.2, 0.25) is 0 Å². The van der Waals surface area contributed by atoms with Crippen molar-refractivity contribution < 1.29 is 23.7 Å². The first kappa shape index (κ1) is 15.4. The van der Waals surface area contributed by atoms with E-state index in [1.165, 1.54) is 0 Å². The second-order valence-electron chi connectivity index (χ2n) is 5.76. The van der Waals surface area contributed by atoms with Gasteiger partial charge in [0.1, 0.15) is 5.75 Å². The molecule has 6 nitrogen and oxygen atoms in total. The molecule has 25 heavy (non-hydrogen) atoms. The van der Waals surface area contributed by atoms with Crippen LogP contribution in [-0.4, -0.2) is 39.2 Å². The minimum atomic E-state index is -0.0716. The van der Waals surface area contributed by atoms with Gasteiger partial charge in [-0.25, -0.2) is 0 Å². The van der Waals surface area contributed by atoms with Crippen LogP contribution in [0.1, 0.15) is 21.5 Å². The van der Waals surface area contributed by atoms with E-state index in [-0.39, 0.29) is 5.91 Å². The number of fused-ring (bicyclic) bond motifs is 1. The summed E-state index contributed by atoms with van der Waals surface area (Å²) in [4.78, 5) is 14.2. The van der Waals surface area contributed by atoms with Crippen molar-refractivity contribution in [3.8, 4) is 28.7 Å². The summed E-state index contributed by atoms with van der Waals surface area (Å²) in [5.74, 6) is 2.78. The monoisotopic (exact) mass is 339 g/mol. The Morgan fingerprint density at radius 1 is 0.960 bits per heavy atom. The van der Waals surface area contributed by atoms with Gasteiger partial charge in [0.15, 0.2) is 23.0 Å². The highest BCUT2D eigenvalue weighted by molar-refractivity contribution is 6.13. The Morgan fingerprint density at radius 2 is 1.64 bits per heavy atom. The summed E-state index contributed by atoms with van der Waals surface area (Å²) in [5.41, 5.74) is 2.88. The summed E-state index contributed by atoms with van der Waals surface area (Å²) < 4.78 is 22.4. The van der Waals surface area contributed by atoms with Crippen LogP contribution in [0.2, 0.25) is 0 Å². The summed E-state index contributed by atoms with van der Waals surface area (Å²) in [5, 5.41) is 0. The minimum Gasteiger partial charge on any atom is -0.493 e. The smallest absolute Gasteiger partial charge is 0.258 e. The molecule has 2 aromatic rings. The molecule has 6 heteroatoms. The molecule has 4 rings (SSSR count). The summed E-state index contributed by atoms with van der Waals surface area (Å²) in [6, 6.07) is 7.11. The highest BCUT2D eigenvalue weighted by atomic mass is 16.5. The number of hydrogen-bond acceptors (Lipinski definition) is 5. The molecule has 0 atom stereocenters. The van der Waals surface area contributed by atoms with Crippen LogP contribution >= 0.6 is 0 Å². The summed E-state index contributed by atoms with van der Waals surface area (Å²) in [6.07, 6.45) is 1.91. The van der Waals surface area contributed by atoms with E-state index in [0.717, 1.165) is 16.8 Å². The van der Waals surface area contributed by atoms with Crippen molar-refractivity contribution in [1.29, 1.82) is 0 Å². The molecule has 0 aliphatic carbocycles. The van der Waals surface area contributed by atoms with Crippen LogP contribution in [0.15, 0.2) is 24.3 Å². The van der Waals surface area contributed by atoms with Crippen LogP contribution in [0, 0.1) is 0 Å². The summed E-state index contributed by atoms with van der Waals surface area (Å²) in [6.45, 7) is 0. The lowest BCUT2D eigenvalue weighted by atomic mass is 10.0. The maximum atomic E-state index is 12.5. The number of carbonyl (C=O) groups excluding carboxylic acids is 1. The molecule has 0 radical (unpaired) electrons. The lowest BCUT2D eigenvalue weighted by Crippen LogP contribution is -2.16. The molecule has 0 bridgehead atoms. The molecule has 0 spiro atoms. The van der Waals surface area contributed by atoms with Crippen molar-refractivity contribution in [2.24, 2.45) is 0 Å². The van der Waals surface area contributed by atoms with Crippen molar-refractivity contribution in [1.82, 2.24) is 4.90 Å². The average Bonchev–Trinajstić information content (AvgIpc) is 2.79. The van der Waals surface area contributed by atoms with Gasteiger partial charge in [0, 0.05) is 18.7 Å². The maximum Gasteiger partial charge on any atom is 0.258 e. The van der Waals surface area contributed by atoms with E-state index >= 15 is 0 Å². The fourth-order valence-corrected chi connectivity index (χ4v) is 3.22. The van der Waals surface area contributed by atoms with Gasteiger partial charge in [-0.3, -0.25) is 4.79 Å². The molecule has 0 unspecified atom stereocenters. The van der Waals surface area contributed by atoms with E-state index < -0.39 is 0 Å². The average molecular weight is 339 g/mol. The Labute approximate surface area is 145 Å². The Balaban J connectivity index is 2.02. The van der Waals surface area contributed by atoms with Gasteiger partial charge in [-0.15, -0.1) is 0 Å². The summed E-state index contributed by atoms with van der Waals surface area (Å²) in [7, 11) is 6.47. The number of rotatable bonds is 3. The number of benzene rings is 2. The van der Waals surface area contributed by atoms with Crippen molar-refractivity contribution in [3.63, 3.8) is 0 Å². The number of carbonyl (C=O) groups is 1. The van der Waals surface area contributed by atoms with Crippen molar-refractivity contribution in [2.45, 2.75) is 0 Å². The van der Waals surface area contributed by atoms with E-state index in [9.17, 15) is 4.79 Å². The van der Waals surface area contributed by atoms with Crippen LogP contribution < -0.4 is 18.9 Å². The standard InChI is InChI=1S/C19H17NO5/c1-20-12-7-10-8-15(23-3)16(24-4)9-14(10)25-18-13(22-2)6-5-11(17(12)18)19(20)21/h5-9H,1-4H3. The highest BCUT2D eigenvalue weighted by Crippen LogP contribution is 2.50. The lowest BCUT2D eigenvalue weighted by Gasteiger charge is -2.15. The highest BCUT2D eigenvalue weighted by Gasteiger charge is 2.36. The van der Waals surface area contributed by atoms with Crippen LogP contribution in [0.25, 0.3) is 11.8 Å². The van der Waals surface area contributed by atoms with E-state index in [1.54, 1.807) is 51.5 Å². The predicted molar refractivity (Wildman–Crippen MR) is 92.6 cm³/mol. The van der Waals surface area contributed by atoms with Crippen LogP contribution in [0.5, 0.6) is 28.7 Å². The molecular weight excluding hydrogens is 322 g/mol. The molecule has 0 N–H and O–H groups in total. The van der Waals surface area contributed by atoms with Gasteiger partial charge in [-0.1, -0.05) is 0 Å². The van der Waals surface area contributed by atoms with Gasteiger partial charge in [-0.2, -0.15) is 0 Å². The number of nitrogens with zero attached hydrogens (tertiary/aromatic N) is 1. The molecule has 128 valence electrons. The molecule has 0 saturated carbocycles. The second kappa shape index (κ2) is 5.44. The molecular formula is C19H17NO5. The third kappa shape index (κ3) is 2.07. The van der Waals surface area contributed by atoms with E-state index in [1.807, 2.05) is 12.1 Å². The zero-order valence-electron chi connectivity index (χ0n) is 14.4. The van der Waals surface area contributed by atoms with Gasteiger partial charge in [0.25, 0.3) is 5.91 Å². The third-order valence-corrected chi connectivity index (χ3v) is 4.51. The first-order chi connectivity index (χ1) is 12.1. The lowest BCUT2D eigenvalue weighted by molar-refractivity contribution is 0.0875. The fraction of sp³-hybridized carbons (Fsp3) is 0.211. The third-order valence-electron chi connectivity index (χ3n) is 4.51. The minimum absolute atomic E-state index is 0.0716. The number of ether oxygens (including phenoxy) is 4. The Bertz CT molecular complexity index is 932. The Hall–Kier alpha value is -3.15. The second-order valence-corrected chi connectivity index (χ2v) is 5.76. The zero-order valence-corrected chi connectivity index (χ0v) is 14.4. The van der Waals surface area contributed by atoms with Crippen LogP contribution in [-0.2, 0) is 0 Å². The molecule has 2 heterocycles. The largest absolute Gasteiger partial charge is 0.493 e. The Kier molecular flexibility index (Phi) is 3.35. The van der Waals surface area contributed by atoms with E-state index in [0.29, 0.717) is 34.3 Å². The normalized spacial score (nSPS) is 14.2. The molecule has 0 fully saturated rings. The molecule has 2 aliphatic heterocycles. The van der Waals surface area contributed by atoms with Gasteiger partial charge in [0.05, 0.1) is 38.2 Å². The number of methoxy groups -OCH3 is 3. The first-order valence-corrected chi connectivity index (χ1v) is 7.74. The topological polar surface area (TPSA) is 57.2 Å². The molecule has 2 aromatic carbocycles. The van der Waals surface area contributed by atoms with Crippen molar-refractivity contribution in [3.05, 3.63) is 41.0 Å². The molecule has 0 aromatic heterocycles. The first-order valence-electron chi connectivity index (χ1n) is 7.74. The SMILES string of the molecule is COc1cc2c(cc1OC)Oc1c(OC)ccc3c1C(=C2)N(C)C3=O. The van der Waals surface area contributed by atoms with Gasteiger partial charge >= 0.3 is 0 Å². The predicted octanol–water partition coefficient (Wildman–Crippen LogP) is 3.40. The van der Waals surface area contributed by atoms with Gasteiger partial charge < -0.3 is 23.8 Å². The quantitative estimate of drug-likeness (QED) is 0.858. The molecule has 2 aliphatic rings. The van der Waals surface area contributed by atoms with Crippen LogP contribution in [0.3, 0.4) is 0 Å². The fourth-order valence-electron chi connectivity index (χ4n) is 3.22. The van der Waals surface area contributed by atoms with Crippen LogP contribution in [0.4, 0.5) is 0 Å². The number of amides is 1.